The molecule has 0 fully saturated rings. The number of hydrogen-bond donors (Lipinski definition) is 1. The van der Waals surface area contributed by atoms with Gasteiger partial charge in [-0.25, -0.2) is 9.37 Å². The Morgan fingerprint density at radius 1 is 0.920 bits per heavy atom. The predicted octanol–water partition coefficient (Wildman–Crippen LogP) is 3.79. The summed E-state index contributed by atoms with van der Waals surface area (Å²) in [6.45, 7) is 0. The second-order valence-corrected chi connectivity index (χ2v) is 5.59. The first kappa shape index (κ1) is 15.1. The Labute approximate surface area is 143 Å². The molecule has 0 unspecified atom stereocenters. The van der Waals surface area contributed by atoms with E-state index in [1.807, 2.05) is 24.3 Å². The van der Waals surface area contributed by atoms with Crippen molar-refractivity contribution >= 4 is 11.5 Å². The number of nitrogens with zero attached hydrogens (tertiary/aromatic N) is 3. The average Bonchev–Trinajstić information content (AvgIpc) is 3.08. The lowest BCUT2D eigenvalue weighted by atomic mass is 10.1. The maximum atomic E-state index is 13.1. The van der Waals surface area contributed by atoms with Crippen LogP contribution in [0.4, 0.5) is 10.2 Å². The fraction of sp³-hybridized carbons (Fsp3) is 0.0526. The van der Waals surface area contributed by atoms with Gasteiger partial charge in [0.2, 0.25) is 0 Å². The fourth-order valence-corrected chi connectivity index (χ4v) is 2.77. The summed E-state index contributed by atoms with van der Waals surface area (Å²) in [4.78, 5) is 4.52. The summed E-state index contributed by atoms with van der Waals surface area (Å²) < 4.78 is 19.9. The number of fused-ring (bicyclic) bond motifs is 1. The molecule has 4 rings (SSSR count). The molecular weight excluding hydrogens is 319 g/mol. The van der Waals surface area contributed by atoms with E-state index in [2.05, 4.69) is 10.1 Å². The average molecular weight is 334 g/mol. The topological polar surface area (TPSA) is 65.4 Å². The Morgan fingerprint density at radius 3 is 2.24 bits per heavy atom. The van der Waals surface area contributed by atoms with Gasteiger partial charge in [0.25, 0.3) is 0 Å². The third kappa shape index (κ3) is 2.57. The number of rotatable bonds is 3. The van der Waals surface area contributed by atoms with Crippen molar-refractivity contribution in [2.45, 2.75) is 0 Å². The van der Waals surface area contributed by atoms with Crippen LogP contribution in [0.3, 0.4) is 0 Å². The molecule has 0 aliphatic rings. The largest absolute Gasteiger partial charge is 0.497 e. The minimum Gasteiger partial charge on any atom is -0.497 e. The smallest absolute Gasteiger partial charge is 0.165 e. The van der Waals surface area contributed by atoms with E-state index in [0.717, 1.165) is 28.0 Å². The van der Waals surface area contributed by atoms with Crippen molar-refractivity contribution in [2.24, 2.45) is 0 Å². The van der Waals surface area contributed by atoms with Crippen LogP contribution in [0.25, 0.3) is 27.9 Å². The number of nitrogens with two attached hydrogens (primary N) is 1. The van der Waals surface area contributed by atoms with Crippen LogP contribution >= 0.6 is 0 Å². The highest BCUT2D eigenvalue weighted by atomic mass is 19.1. The number of aromatic nitrogens is 3. The van der Waals surface area contributed by atoms with E-state index in [0.29, 0.717) is 11.5 Å². The molecule has 0 bridgehead atoms. The number of halogens is 1. The molecule has 0 spiro atoms. The molecule has 2 aromatic heterocycles. The Balaban J connectivity index is 1.82. The number of anilines is 1. The first-order chi connectivity index (χ1) is 12.2. The number of nitrogen functional groups attached to an aromatic ring is 1. The van der Waals surface area contributed by atoms with E-state index in [1.54, 1.807) is 36.2 Å². The van der Waals surface area contributed by atoms with Crippen molar-refractivity contribution in [1.29, 1.82) is 0 Å². The van der Waals surface area contributed by atoms with Gasteiger partial charge < -0.3 is 10.5 Å². The minimum atomic E-state index is -0.283. The Kier molecular flexibility index (Phi) is 3.57. The fourth-order valence-electron chi connectivity index (χ4n) is 2.77. The molecule has 0 aliphatic heterocycles. The van der Waals surface area contributed by atoms with Gasteiger partial charge in [-0.05, 0) is 35.4 Å². The van der Waals surface area contributed by atoms with E-state index >= 15 is 0 Å². The van der Waals surface area contributed by atoms with Crippen molar-refractivity contribution in [2.75, 3.05) is 12.8 Å². The third-order valence-corrected chi connectivity index (χ3v) is 4.12. The predicted molar refractivity (Wildman–Crippen MR) is 94.8 cm³/mol. The first-order valence-corrected chi connectivity index (χ1v) is 7.70. The Bertz CT molecular complexity index is 1040. The van der Waals surface area contributed by atoms with Crippen LogP contribution in [0.15, 0.2) is 60.9 Å². The van der Waals surface area contributed by atoms with Gasteiger partial charge in [0.1, 0.15) is 17.4 Å². The van der Waals surface area contributed by atoms with Crippen molar-refractivity contribution in [3.63, 3.8) is 0 Å². The zero-order valence-electron chi connectivity index (χ0n) is 13.5. The van der Waals surface area contributed by atoms with Crippen LogP contribution in [0.2, 0.25) is 0 Å². The van der Waals surface area contributed by atoms with E-state index in [4.69, 9.17) is 10.5 Å². The third-order valence-electron chi connectivity index (χ3n) is 4.12. The standard InChI is InChI=1S/C19H15FN4O/c1-25-15-8-4-12(5-9-15)16-10-22-19-17(11-23-24(19)18(16)21)13-2-6-14(20)7-3-13/h2-11H,21H2,1H3. The summed E-state index contributed by atoms with van der Waals surface area (Å²) in [5.41, 5.74) is 10.3. The van der Waals surface area contributed by atoms with Crippen LogP contribution < -0.4 is 10.5 Å². The maximum Gasteiger partial charge on any atom is 0.165 e. The minimum absolute atomic E-state index is 0.283. The molecule has 6 heteroatoms. The van der Waals surface area contributed by atoms with Gasteiger partial charge in [0.15, 0.2) is 5.65 Å². The highest BCUT2D eigenvalue weighted by Crippen LogP contribution is 2.30. The first-order valence-electron chi connectivity index (χ1n) is 7.70. The van der Waals surface area contributed by atoms with Crippen molar-refractivity contribution in [3.05, 3.63) is 66.7 Å². The Hall–Kier alpha value is -3.41. The molecule has 0 aliphatic carbocycles. The molecule has 4 aromatic rings. The van der Waals surface area contributed by atoms with Gasteiger partial charge in [-0.3, -0.25) is 0 Å². The van der Waals surface area contributed by atoms with Crippen molar-refractivity contribution < 1.29 is 9.13 Å². The maximum absolute atomic E-state index is 13.1. The van der Waals surface area contributed by atoms with E-state index in [1.165, 1.54) is 12.1 Å². The lowest BCUT2D eigenvalue weighted by molar-refractivity contribution is 0.415. The molecule has 2 aromatic carbocycles. The SMILES string of the molecule is COc1ccc(-c2cnc3c(-c4ccc(F)cc4)cnn3c2N)cc1. The molecule has 0 radical (unpaired) electrons. The number of methoxy groups -OCH3 is 1. The zero-order valence-corrected chi connectivity index (χ0v) is 13.5. The molecule has 2 heterocycles. The van der Waals surface area contributed by atoms with E-state index < -0.39 is 0 Å². The van der Waals surface area contributed by atoms with E-state index in [9.17, 15) is 4.39 Å². The molecule has 124 valence electrons. The second kappa shape index (κ2) is 5.90. The summed E-state index contributed by atoms with van der Waals surface area (Å²) >= 11 is 0. The molecular formula is C19H15FN4O. The summed E-state index contributed by atoms with van der Waals surface area (Å²) in [5.74, 6) is 0.979. The van der Waals surface area contributed by atoms with Crippen LogP contribution in [0.5, 0.6) is 5.75 Å². The zero-order chi connectivity index (χ0) is 17.4. The highest BCUT2D eigenvalue weighted by Gasteiger charge is 2.13. The molecule has 0 saturated carbocycles. The van der Waals surface area contributed by atoms with Crippen molar-refractivity contribution in [1.82, 2.24) is 14.6 Å². The summed E-state index contributed by atoms with van der Waals surface area (Å²) in [6.07, 6.45) is 3.41. The highest BCUT2D eigenvalue weighted by molar-refractivity contribution is 5.82. The summed E-state index contributed by atoms with van der Waals surface area (Å²) in [7, 11) is 1.62. The van der Waals surface area contributed by atoms with Gasteiger partial charge in [-0.2, -0.15) is 9.61 Å². The van der Waals surface area contributed by atoms with Crippen LogP contribution in [0.1, 0.15) is 0 Å². The second-order valence-electron chi connectivity index (χ2n) is 5.59. The lowest BCUT2D eigenvalue weighted by Gasteiger charge is -2.08. The summed E-state index contributed by atoms with van der Waals surface area (Å²) in [6, 6.07) is 13.8. The Morgan fingerprint density at radius 2 is 1.56 bits per heavy atom. The van der Waals surface area contributed by atoms with E-state index in [-0.39, 0.29) is 5.82 Å². The number of benzene rings is 2. The molecule has 0 atom stereocenters. The van der Waals surface area contributed by atoms with Crippen LogP contribution in [0, 0.1) is 5.82 Å². The van der Waals surface area contributed by atoms with Gasteiger partial charge in [-0.1, -0.05) is 24.3 Å². The molecule has 0 saturated heterocycles. The quantitative estimate of drug-likeness (QED) is 0.619. The van der Waals surface area contributed by atoms with Gasteiger partial charge in [0.05, 0.1) is 13.3 Å². The monoisotopic (exact) mass is 334 g/mol. The number of ether oxygens (including phenoxy) is 1. The van der Waals surface area contributed by atoms with Gasteiger partial charge in [0, 0.05) is 17.3 Å². The molecule has 0 amide bonds. The van der Waals surface area contributed by atoms with Gasteiger partial charge >= 0.3 is 0 Å². The summed E-state index contributed by atoms with van der Waals surface area (Å²) in [5, 5.41) is 4.35. The molecule has 5 nitrogen and oxygen atoms in total. The van der Waals surface area contributed by atoms with Crippen molar-refractivity contribution in [3.8, 4) is 28.0 Å². The normalized spacial score (nSPS) is 11.0. The van der Waals surface area contributed by atoms with Crippen LogP contribution in [-0.4, -0.2) is 21.7 Å². The number of hydrogen-bond acceptors (Lipinski definition) is 4. The molecule has 2 N–H and O–H groups in total. The van der Waals surface area contributed by atoms with Crippen LogP contribution in [-0.2, 0) is 0 Å². The molecule has 25 heavy (non-hydrogen) atoms. The van der Waals surface area contributed by atoms with Gasteiger partial charge in [-0.15, -0.1) is 0 Å². The lowest BCUT2D eigenvalue weighted by Crippen LogP contribution is -2.02.